The lowest BCUT2D eigenvalue weighted by atomic mass is 10.0. The third-order valence-corrected chi connectivity index (χ3v) is 2.91. The molecule has 4 nitrogen and oxygen atoms in total. The molecule has 1 amide bonds. The molecule has 0 bridgehead atoms. The van der Waals surface area contributed by atoms with Gasteiger partial charge in [0.2, 0.25) is 5.91 Å². The Morgan fingerprint density at radius 1 is 1.38 bits per heavy atom. The minimum atomic E-state index is -0.0221. The van der Waals surface area contributed by atoms with Crippen molar-refractivity contribution in [3.05, 3.63) is 35.5 Å². The number of H-pyrrole nitrogens is 1. The molecule has 0 fully saturated rings. The summed E-state index contributed by atoms with van der Waals surface area (Å²) in [6.45, 7) is 3.06. The maximum absolute atomic E-state index is 11.0. The number of carbonyl (C=O) groups is 1. The second-order valence-electron chi connectivity index (χ2n) is 4.18. The second kappa shape index (κ2) is 3.35. The fourth-order valence-corrected chi connectivity index (χ4v) is 2.36. The number of hydrogen-bond donors (Lipinski definition) is 2. The Bertz CT molecular complexity index is 558. The Morgan fingerprint density at radius 3 is 3.00 bits per heavy atom. The first-order chi connectivity index (χ1) is 7.74. The zero-order valence-electron chi connectivity index (χ0n) is 9.08. The van der Waals surface area contributed by atoms with Crippen molar-refractivity contribution in [1.29, 1.82) is 0 Å². The van der Waals surface area contributed by atoms with Crippen molar-refractivity contribution in [2.24, 2.45) is 0 Å². The van der Waals surface area contributed by atoms with Crippen LogP contribution in [0.3, 0.4) is 0 Å². The first-order valence-electron chi connectivity index (χ1n) is 5.34. The molecule has 1 aromatic heterocycles. The standard InChI is InChI=1S/C12H13N3O/c1-8(16)14-15-6-9-3-2-4-11-12(9)10(7-15)5-13-11/h2-5,13H,6-7H2,1H3,(H,14,16). The SMILES string of the molecule is CC(=O)NN1Cc2cccc3[nH]cc(c23)C1. The molecule has 0 radical (unpaired) electrons. The van der Waals surface area contributed by atoms with Crippen molar-refractivity contribution in [3.8, 4) is 0 Å². The number of aromatic nitrogens is 1. The van der Waals surface area contributed by atoms with Crippen molar-refractivity contribution in [1.82, 2.24) is 15.4 Å². The van der Waals surface area contributed by atoms with Crippen molar-refractivity contribution in [2.45, 2.75) is 20.0 Å². The van der Waals surface area contributed by atoms with Gasteiger partial charge < -0.3 is 4.98 Å². The highest BCUT2D eigenvalue weighted by Crippen LogP contribution is 2.28. The number of hydrazine groups is 1. The number of rotatable bonds is 1. The Morgan fingerprint density at radius 2 is 2.19 bits per heavy atom. The van der Waals surface area contributed by atoms with Crippen LogP contribution < -0.4 is 5.43 Å². The third-order valence-electron chi connectivity index (χ3n) is 2.91. The normalized spacial score (nSPS) is 15.3. The minimum Gasteiger partial charge on any atom is -0.361 e. The van der Waals surface area contributed by atoms with Crippen molar-refractivity contribution >= 4 is 16.8 Å². The van der Waals surface area contributed by atoms with E-state index in [0.29, 0.717) is 0 Å². The summed E-state index contributed by atoms with van der Waals surface area (Å²) in [7, 11) is 0. The molecule has 2 N–H and O–H groups in total. The van der Waals surface area contributed by atoms with Gasteiger partial charge in [0.15, 0.2) is 0 Å². The number of aromatic amines is 1. The summed E-state index contributed by atoms with van der Waals surface area (Å²) in [6, 6.07) is 6.22. The average Bonchev–Trinajstić information content (AvgIpc) is 2.62. The smallest absolute Gasteiger partial charge is 0.231 e. The largest absolute Gasteiger partial charge is 0.361 e. The molecule has 0 aliphatic carbocycles. The van der Waals surface area contributed by atoms with Crippen molar-refractivity contribution < 1.29 is 4.79 Å². The van der Waals surface area contributed by atoms with E-state index < -0.39 is 0 Å². The van der Waals surface area contributed by atoms with Crippen LogP contribution in [0.15, 0.2) is 24.4 Å². The molecule has 2 aromatic rings. The highest BCUT2D eigenvalue weighted by molar-refractivity contribution is 5.87. The van der Waals surface area contributed by atoms with Gasteiger partial charge in [-0.3, -0.25) is 10.2 Å². The van der Waals surface area contributed by atoms with E-state index in [1.165, 1.54) is 29.0 Å². The lowest BCUT2D eigenvalue weighted by molar-refractivity contribution is -0.124. The number of hydrogen-bond acceptors (Lipinski definition) is 2. The molecule has 0 atom stereocenters. The summed E-state index contributed by atoms with van der Waals surface area (Å²) < 4.78 is 0. The Kier molecular flexibility index (Phi) is 1.97. The van der Waals surface area contributed by atoms with E-state index >= 15 is 0 Å². The van der Waals surface area contributed by atoms with Crippen LogP contribution in [0, 0.1) is 0 Å². The Hall–Kier alpha value is -1.81. The lowest BCUT2D eigenvalue weighted by Gasteiger charge is -2.26. The van der Waals surface area contributed by atoms with Crippen LogP contribution in [0.2, 0.25) is 0 Å². The molecule has 3 rings (SSSR count). The third kappa shape index (κ3) is 1.39. The van der Waals surface area contributed by atoms with Gasteiger partial charge in [-0.2, -0.15) is 0 Å². The van der Waals surface area contributed by atoms with E-state index in [1.807, 2.05) is 17.3 Å². The fourth-order valence-electron chi connectivity index (χ4n) is 2.36. The van der Waals surface area contributed by atoms with Gasteiger partial charge in [-0.1, -0.05) is 12.1 Å². The first-order valence-corrected chi connectivity index (χ1v) is 5.34. The number of benzene rings is 1. The fraction of sp³-hybridized carbons (Fsp3) is 0.250. The highest BCUT2D eigenvalue weighted by atomic mass is 16.2. The second-order valence-corrected chi connectivity index (χ2v) is 4.18. The van der Waals surface area contributed by atoms with Crippen LogP contribution in [0.1, 0.15) is 18.1 Å². The molecule has 0 unspecified atom stereocenters. The summed E-state index contributed by atoms with van der Waals surface area (Å²) in [6.07, 6.45) is 2.02. The van der Waals surface area contributed by atoms with Gasteiger partial charge in [-0.25, -0.2) is 5.01 Å². The van der Waals surface area contributed by atoms with Crippen LogP contribution in [-0.2, 0) is 17.9 Å². The van der Waals surface area contributed by atoms with Gasteiger partial charge >= 0.3 is 0 Å². The predicted octanol–water partition coefficient (Wildman–Crippen LogP) is 1.53. The van der Waals surface area contributed by atoms with Gasteiger partial charge in [0, 0.05) is 37.1 Å². The van der Waals surface area contributed by atoms with Gasteiger partial charge in [0.1, 0.15) is 0 Å². The first kappa shape index (κ1) is 9.42. The van der Waals surface area contributed by atoms with E-state index in [1.54, 1.807) is 0 Å². The molecule has 0 saturated heterocycles. The van der Waals surface area contributed by atoms with Crippen LogP contribution in [0.25, 0.3) is 10.9 Å². The van der Waals surface area contributed by atoms with E-state index in [-0.39, 0.29) is 5.91 Å². The highest BCUT2D eigenvalue weighted by Gasteiger charge is 2.19. The summed E-state index contributed by atoms with van der Waals surface area (Å²) in [5, 5.41) is 3.25. The lowest BCUT2D eigenvalue weighted by Crippen LogP contribution is -2.41. The molecule has 1 aliphatic heterocycles. The number of carbonyl (C=O) groups excluding carboxylic acids is 1. The Labute approximate surface area is 93.2 Å². The molecule has 82 valence electrons. The van der Waals surface area contributed by atoms with Gasteiger partial charge in [0.05, 0.1) is 0 Å². The Balaban J connectivity index is 2.03. The number of nitrogens with one attached hydrogen (secondary N) is 2. The zero-order valence-corrected chi connectivity index (χ0v) is 9.08. The van der Waals surface area contributed by atoms with E-state index in [9.17, 15) is 4.79 Å². The average molecular weight is 215 g/mol. The minimum absolute atomic E-state index is 0.0221. The maximum Gasteiger partial charge on any atom is 0.231 e. The monoisotopic (exact) mass is 215 g/mol. The van der Waals surface area contributed by atoms with Crippen LogP contribution in [-0.4, -0.2) is 15.9 Å². The van der Waals surface area contributed by atoms with Crippen molar-refractivity contribution in [3.63, 3.8) is 0 Å². The maximum atomic E-state index is 11.0. The predicted molar refractivity (Wildman–Crippen MR) is 61.4 cm³/mol. The molecule has 16 heavy (non-hydrogen) atoms. The molecule has 2 heterocycles. The summed E-state index contributed by atoms with van der Waals surface area (Å²) in [5.41, 5.74) is 6.51. The summed E-state index contributed by atoms with van der Waals surface area (Å²) >= 11 is 0. The molecular formula is C12H13N3O. The molecular weight excluding hydrogens is 202 g/mol. The van der Waals surface area contributed by atoms with E-state index in [4.69, 9.17) is 0 Å². The number of amides is 1. The quantitative estimate of drug-likeness (QED) is 0.758. The van der Waals surface area contributed by atoms with Crippen LogP contribution in [0.5, 0.6) is 0 Å². The van der Waals surface area contributed by atoms with E-state index in [0.717, 1.165) is 13.1 Å². The summed E-state index contributed by atoms with van der Waals surface area (Å²) in [4.78, 5) is 14.3. The molecule has 0 saturated carbocycles. The molecule has 4 heteroatoms. The molecule has 1 aromatic carbocycles. The van der Waals surface area contributed by atoms with E-state index in [2.05, 4.69) is 22.5 Å². The zero-order chi connectivity index (χ0) is 11.1. The van der Waals surface area contributed by atoms with Gasteiger partial charge in [-0.05, 0) is 17.2 Å². The molecule has 1 aliphatic rings. The van der Waals surface area contributed by atoms with Gasteiger partial charge in [0.25, 0.3) is 0 Å². The molecule has 0 spiro atoms. The van der Waals surface area contributed by atoms with Crippen LogP contribution in [0.4, 0.5) is 0 Å². The van der Waals surface area contributed by atoms with Gasteiger partial charge in [-0.15, -0.1) is 0 Å². The van der Waals surface area contributed by atoms with Crippen molar-refractivity contribution in [2.75, 3.05) is 0 Å². The summed E-state index contributed by atoms with van der Waals surface area (Å²) in [5.74, 6) is -0.0221. The topological polar surface area (TPSA) is 48.1 Å². The van der Waals surface area contributed by atoms with Crippen LogP contribution >= 0.6 is 0 Å². The number of nitrogens with zero attached hydrogens (tertiary/aromatic N) is 1.